The molecule has 0 spiro atoms. The van der Waals surface area contributed by atoms with Crippen molar-refractivity contribution in [2.24, 2.45) is 11.8 Å². The number of hydrogen-bond donors (Lipinski definition) is 7. The van der Waals surface area contributed by atoms with Crippen molar-refractivity contribution in [2.45, 2.75) is 74.6 Å². The minimum atomic E-state index is -2.78. The number of amides is 1. The van der Waals surface area contributed by atoms with Gasteiger partial charge in [0.05, 0.1) is 57.9 Å². The van der Waals surface area contributed by atoms with E-state index in [2.05, 4.69) is 5.32 Å². The number of carboxylic acids is 1. The van der Waals surface area contributed by atoms with Crippen LogP contribution in [0.5, 0.6) is 0 Å². The highest BCUT2D eigenvalue weighted by Crippen LogP contribution is 2.38. The quantitative estimate of drug-likeness (QED) is 0.0690. The smallest absolute Gasteiger partial charge is 0.407 e. The molecule has 0 aromatic carbocycles. The second-order valence-corrected chi connectivity index (χ2v) is 10.6. The Kier molecular flexibility index (Phi) is 15.7. The maximum Gasteiger partial charge on any atom is 0.407 e. The van der Waals surface area contributed by atoms with E-state index in [4.69, 9.17) is 33.2 Å². The summed E-state index contributed by atoms with van der Waals surface area (Å²) in [5, 5.41) is 76.4. The predicted molar refractivity (Wildman–Crippen MR) is 140 cm³/mol. The van der Waals surface area contributed by atoms with Crippen LogP contribution >= 0.6 is 0 Å². The first kappa shape index (κ1) is 38.1. The van der Waals surface area contributed by atoms with Crippen molar-refractivity contribution in [3.05, 3.63) is 0 Å². The van der Waals surface area contributed by atoms with Crippen LogP contribution in [0.15, 0.2) is 0 Å². The van der Waals surface area contributed by atoms with E-state index in [-0.39, 0.29) is 13.2 Å². The van der Waals surface area contributed by atoms with Crippen molar-refractivity contribution in [2.75, 3.05) is 60.4 Å². The van der Waals surface area contributed by atoms with Crippen molar-refractivity contribution >= 4 is 17.8 Å². The zero-order valence-electron chi connectivity index (χ0n) is 24.8. The van der Waals surface area contributed by atoms with Gasteiger partial charge in [-0.3, -0.25) is 4.79 Å². The number of aliphatic hydroxyl groups is 6. The number of aliphatic carboxylic acids is 1. The topological polar surface area (TPSA) is 272 Å². The van der Waals surface area contributed by atoms with Crippen LogP contribution in [0.4, 0.5) is 4.79 Å². The first-order valence-corrected chi connectivity index (χ1v) is 14.0. The van der Waals surface area contributed by atoms with Crippen LogP contribution in [0, 0.1) is 11.8 Å². The zero-order valence-corrected chi connectivity index (χ0v) is 24.8. The van der Waals surface area contributed by atoms with Gasteiger partial charge in [0, 0.05) is 38.9 Å². The Morgan fingerprint density at radius 3 is 2.36 bits per heavy atom. The van der Waals surface area contributed by atoms with E-state index >= 15 is 0 Å². The van der Waals surface area contributed by atoms with Gasteiger partial charge in [0.15, 0.2) is 12.1 Å². The van der Waals surface area contributed by atoms with Crippen molar-refractivity contribution < 1.29 is 83.3 Å². The highest BCUT2D eigenvalue weighted by atomic mass is 16.7. The van der Waals surface area contributed by atoms with Gasteiger partial charge in [-0.25, -0.2) is 4.79 Å². The second kappa shape index (κ2) is 18.2. The summed E-state index contributed by atoms with van der Waals surface area (Å²) in [7, 11) is 2.80. The van der Waals surface area contributed by atoms with Crippen LogP contribution in [-0.2, 0) is 42.7 Å². The molecule has 11 atom stereocenters. The zero-order chi connectivity index (χ0) is 33.0. The number of carboxylic acid groups (broad SMARTS) is 1. The molecule has 44 heavy (non-hydrogen) atoms. The number of ketones is 1. The number of nitrogens with one attached hydrogen (secondary N) is 1. The third-order valence-electron chi connectivity index (χ3n) is 7.46. The first-order chi connectivity index (χ1) is 20.8. The lowest BCUT2D eigenvalue weighted by Gasteiger charge is -2.49. The van der Waals surface area contributed by atoms with Gasteiger partial charge >= 0.3 is 6.09 Å². The van der Waals surface area contributed by atoms with E-state index in [1.54, 1.807) is 6.92 Å². The molecule has 2 aliphatic rings. The largest absolute Gasteiger partial charge is 0.544 e. The third-order valence-corrected chi connectivity index (χ3v) is 7.46. The minimum Gasteiger partial charge on any atom is -0.544 e. The molecule has 0 radical (unpaired) electrons. The van der Waals surface area contributed by atoms with Crippen LogP contribution in [0.25, 0.3) is 0 Å². The summed E-state index contributed by atoms with van der Waals surface area (Å²) in [6.45, 7) is -0.0929. The molecule has 2 aliphatic heterocycles. The number of ether oxygens (including phenoxy) is 7. The van der Waals surface area contributed by atoms with Gasteiger partial charge in [0.25, 0.3) is 0 Å². The molecule has 2 saturated heterocycles. The highest BCUT2D eigenvalue weighted by molar-refractivity contribution is 5.84. The van der Waals surface area contributed by atoms with Crippen LogP contribution in [0.1, 0.15) is 19.8 Å². The number of carbonyl (C=O) groups excluding carboxylic acids is 3. The monoisotopic (exact) mass is 642 g/mol. The number of rotatable bonds is 18. The summed E-state index contributed by atoms with van der Waals surface area (Å²) >= 11 is 0. The van der Waals surface area contributed by atoms with Crippen molar-refractivity contribution in [1.29, 1.82) is 0 Å². The van der Waals surface area contributed by atoms with Gasteiger partial charge in [0.2, 0.25) is 5.79 Å². The van der Waals surface area contributed by atoms with Gasteiger partial charge in [-0.05, 0) is 0 Å². The summed E-state index contributed by atoms with van der Waals surface area (Å²) in [4.78, 5) is 36.9. The van der Waals surface area contributed by atoms with Gasteiger partial charge in [-0.2, -0.15) is 0 Å². The maximum absolute atomic E-state index is 12.7. The van der Waals surface area contributed by atoms with Crippen LogP contribution < -0.4 is 10.4 Å². The van der Waals surface area contributed by atoms with E-state index < -0.39 is 117 Å². The fourth-order valence-corrected chi connectivity index (χ4v) is 4.87. The van der Waals surface area contributed by atoms with Crippen LogP contribution in [0.2, 0.25) is 0 Å². The Morgan fingerprint density at radius 1 is 1.07 bits per heavy atom. The Bertz CT molecular complexity index is 908. The van der Waals surface area contributed by atoms with E-state index in [1.165, 1.54) is 14.2 Å². The molecule has 2 heterocycles. The third kappa shape index (κ3) is 10.2. The average molecular weight is 643 g/mol. The average Bonchev–Trinajstić information content (AvgIpc) is 3.00. The molecular formula is C26H44NO17-. The normalized spacial score (nSPS) is 33.8. The first-order valence-electron chi connectivity index (χ1n) is 14.0. The Hall–Kier alpha value is -2.07. The lowest BCUT2D eigenvalue weighted by Crippen LogP contribution is -2.66. The maximum atomic E-state index is 12.7. The summed E-state index contributed by atoms with van der Waals surface area (Å²) in [6.07, 6.45) is -15.0. The summed E-state index contributed by atoms with van der Waals surface area (Å²) in [5.74, 6) is -7.47. The van der Waals surface area contributed by atoms with Crippen molar-refractivity contribution in [1.82, 2.24) is 5.32 Å². The minimum absolute atomic E-state index is 0.0871. The molecular weight excluding hydrogens is 598 g/mol. The number of carbonyl (C=O) groups is 3. The molecule has 18 heteroatoms. The fraction of sp³-hybridized carbons (Fsp3) is 0.885. The van der Waals surface area contributed by atoms with Gasteiger partial charge < -0.3 is 79.0 Å². The lowest BCUT2D eigenvalue weighted by atomic mass is 9.80. The second-order valence-electron chi connectivity index (χ2n) is 10.6. The van der Waals surface area contributed by atoms with E-state index in [1.807, 2.05) is 0 Å². The van der Waals surface area contributed by atoms with Gasteiger partial charge in [-0.15, -0.1) is 0 Å². The highest BCUT2D eigenvalue weighted by Gasteiger charge is 2.53. The molecule has 2 fully saturated rings. The molecule has 9 unspecified atom stereocenters. The van der Waals surface area contributed by atoms with Gasteiger partial charge in [-0.1, -0.05) is 6.92 Å². The Balaban J connectivity index is 2.10. The number of methoxy groups -OCH3 is 2. The van der Waals surface area contributed by atoms with Gasteiger partial charge in [0.1, 0.15) is 37.0 Å². The standard InChI is InChI=1S/C26H45NO17/c1-13-19(32)21(34)18(43-23(13)39-3)12-42-26(24(35)36)9-16(30)15(22(44-26)20(33)17(31)11-28)8-14(29)10-27-25(37)41-7-6-40-5-4-38-2/h13,15-23,28,30-34H,4-12H2,1-3H3,(H,27,37)(H,35,36)/p-1/t13?,15?,16?,17-,18?,19?,20-,21?,22?,23?,26?/m1/s1. The lowest BCUT2D eigenvalue weighted by molar-refractivity contribution is -0.390. The van der Waals surface area contributed by atoms with E-state index in [0.717, 1.165) is 0 Å². The molecule has 18 nitrogen and oxygen atoms in total. The predicted octanol–water partition coefficient (Wildman–Crippen LogP) is -4.99. The molecule has 2 rings (SSSR count). The van der Waals surface area contributed by atoms with Crippen LogP contribution in [0.3, 0.4) is 0 Å². The molecule has 0 aromatic heterocycles. The fourth-order valence-electron chi connectivity index (χ4n) is 4.87. The Labute approximate surface area is 253 Å². The SMILES string of the molecule is COCCOCCOC(=O)NCC(=O)CC1C(O)CC(OCC2OC(OC)C(C)C(O)C2O)(C(=O)[O-])OC1[C@H](O)[C@H](O)CO. The molecule has 0 saturated carbocycles. The van der Waals surface area contributed by atoms with E-state index in [9.17, 15) is 50.1 Å². The molecule has 7 N–H and O–H groups in total. The summed E-state index contributed by atoms with van der Waals surface area (Å²) in [6, 6.07) is 0. The number of hydrogen-bond acceptors (Lipinski definition) is 17. The molecule has 256 valence electrons. The molecule has 1 amide bonds. The van der Waals surface area contributed by atoms with Crippen LogP contribution in [-0.4, -0.2) is 164 Å². The van der Waals surface area contributed by atoms with Crippen molar-refractivity contribution in [3.63, 3.8) is 0 Å². The number of aliphatic hydroxyl groups excluding tert-OH is 6. The Morgan fingerprint density at radius 2 is 1.75 bits per heavy atom. The number of Topliss-reactive ketones (excluding diaryl/α,β-unsaturated/α-hetero) is 1. The number of alkyl carbamates (subject to hydrolysis) is 1. The molecule has 0 aliphatic carbocycles. The summed E-state index contributed by atoms with van der Waals surface area (Å²) in [5.41, 5.74) is 0. The van der Waals surface area contributed by atoms with E-state index in [0.29, 0.717) is 13.2 Å². The molecule has 0 bridgehead atoms. The molecule has 0 aromatic rings. The van der Waals surface area contributed by atoms with Crippen molar-refractivity contribution in [3.8, 4) is 0 Å². The summed E-state index contributed by atoms with van der Waals surface area (Å²) < 4.78 is 36.5.